The third-order valence-electron chi connectivity index (χ3n) is 4.94. The van der Waals surface area contributed by atoms with Crippen molar-refractivity contribution in [3.8, 4) is 0 Å². The number of carboxylic acid groups (broad SMARTS) is 2. The molecular weight excluding hydrogens is 438 g/mol. The van der Waals surface area contributed by atoms with Crippen LogP contribution in [0, 0.1) is 0 Å². The number of aliphatic hydroxyl groups is 1. The fourth-order valence-corrected chi connectivity index (χ4v) is 3.21. The molecule has 9 N–H and O–H groups in total. The van der Waals surface area contributed by atoms with E-state index < -0.39 is 48.0 Å². The first-order valence-electron chi connectivity index (χ1n) is 9.88. The highest BCUT2D eigenvalue weighted by Gasteiger charge is 2.48. The number of anilines is 1. The van der Waals surface area contributed by atoms with E-state index in [2.05, 4.69) is 31.3 Å². The predicted octanol–water partition coefficient (Wildman–Crippen LogP) is -2.35. The van der Waals surface area contributed by atoms with Gasteiger partial charge >= 0.3 is 11.9 Å². The topological polar surface area (TPSA) is 228 Å². The van der Waals surface area contributed by atoms with E-state index in [1.165, 1.54) is 12.1 Å². The van der Waals surface area contributed by atoms with Gasteiger partial charge in [0.05, 0.1) is 6.54 Å². The Kier molecular flexibility index (Phi) is 6.89. The first kappa shape index (κ1) is 23.6. The van der Waals surface area contributed by atoms with Crippen molar-refractivity contribution in [3.63, 3.8) is 0 Å². The number of aliphatic carboxylic acids is 2. The number of guanidine groups is 1. The molecule has 2 aliphatic heterocycles. The third-order valence-corrected chi connectivity index (χ3v) is 4.94. The minimum atomic E-state index is -2.09. The first-order valence-corrected chi connectivity index (χ1v) is 9.88. The van der Waals surface area contributed by atoms with Crippen LogP contribution in [0.3, 0.4) is 0 Å². The summed E-state index contributed by atoms with van der Waals surface area (Å²) in [6, 6.07) is 4.37. The lowest BCUT2D eigenvalue weighted by molar-refractivity contribution is -0.140. The number of nitrogens with zero attached hydrogens (tertiary/aromatic N) is 2. The number of carbonyl (C=O) groups excluding carboxylic acids is 2. The maximum Gasteiger partial charge on any atom is 0.326 e. The van der Waals surface area contributed by atoms with Crippen molar-refractivity contribution in [3.05, 3.63) is 29.8 Å². The number of hydrogen-bond acceptors (Lipinski definition) is 10. The molecule has 3 rings (SSSR count). The molecule has 33 heavy (non-hydrogen) atoms. The van der Waals surface area contributed by atoms with Gasteiger partial charge in [0.25, 0.3) is 17.5 Å². The zero-order chi connectivity index (χ0) is 24.2. The van der Waals surface area contributed by atoms with E-state index in [1.807, 2.05) is 0 Å². The van der Waals surface area contributed by atoms with Gasteiger partial charge < -0.3 is 31.7 Å². The number of nitrogens with two attached hydrogens (primary N) is 1. The molecule has 14 heteroatoms. The van der Waals surface area contributed by atoms with Crippen LogP contribution in [0.15, 0.2) is 34.3 Å². The Labute approximate surface area is 187 Å². The summed E-state index contributed by atoms with van der Waals surface area (Å²) >= 11 is 0. The molecule has 0 aliphatic carbocycles. The van der Waals surface area contributed by atoms with Crippen LogP contribution in [0.25, 0.3) is 0 Å². The summed E-state index contributed by atoms with van der Waals surface area (Å²) in [4.78, 5) is 54.2. The monoisotopic (exact) mass is 461 g/mol. The van der Waals surface area contributed by atoms with Crippen LogP contribution in [0.2, 0.25) is 0 Å². The molecule has 2 aliphatic rings. The molecule has 1 aromatic carbocycles. The van der Waals surface area contributed by atoms with Crippen LogP contribution in [0.1, 0.15) is 23.2 Å². The van der Waals surface area contributed by atoms with Crippen LogP contribution >= 0.6 is 0 Å². The Bertz CT molecular complexity index is 1020. The van der Waals surface area contributed by atoms with Crippen molar-refractivity contribution in [2.24, 2.45) is 15.7 Å². The Hall–Kier alpha value is -4.04. The number of amides is 2. The van der Waals surface area contributed by atoms with Gasteiger partial charge in [-0.3, -0.25) is 30.0 Å². The van der Waals surface area contributed by atoms with Crippen molar-refractivity contribution in [2.75, 3.05) is 18.4 Å². The molecule has 0 saturated heterocycles. The summed E-state index contributed by atoms with van der Waals surface area (Å²) in [6.07, 6.45) is -0.631. The predicted molar refractivity (Wildman–Crippen MR) is 115 cm³/mol. The summed E-state index contributed by atoms with van der Waals surface area (Å²) in [5.41, 5.74) is 4.19. The largest absolute Gasteiger partial charge is 0.481 e. The van der Waals surface area contributed by atoms with E-state index in [-0.39, 0.29) is 36.9 Å². The Morgan fingerprint density at radius 2 is 1.94 bits per heavy atom. The van der Waals surface area contributed by atoms with E-state index in [0.29, 0.717) is 5.69 Å². The Morgan fingerprint density at radius 1 is 1.24 bits per heavy atom. The average molecular weight is 461 g/mol. The second-order valence-corrected chi connectivity index (χ2v) is 7.42. The fraction of sp³-hybridized carbons (Fsp3) is 0.368. The Balaban J connectivity index is 1.56. The normalized spacial score (nSPS) is 22.7. The molecule has 1 unspecified atom stereocenters. The molecule has 0 saturated carbocycles. The molecule has 0 aromatic heterocycles. The van der Waals surface area contributed by atoms with Crippen molar-refractivity contribution in [1.82, 2.24) is 16.0 Å². The van der Waals surface area contributed by atoms with E-state index in [0.717, 1.165) is 0 Å². The van der Waals surface area contributed by atoms with E-state index in [4.69, 9.17) is 15.9 Å². The minimum absolute atomic E-state index is 0.113. The van der Waals surface area contributed by atoms with Crippen LogP contribution in [0.4, 0.5) is 5.69 Å². The van der Waals surface area contributed by atoms with Crippen LogP contribution in [-0.2, 0) is 14.4 Å². The Morgan fingerprint density at radius 3 is 2.58 bits per heavy atom. The molecular formula is C19H23N7O7. The first-order chi connectivity index (χ1) is 15.6. The van der Waals surface area contributed by atoms with Crippen molar-refractivity contribution >= 4 is 41.2 Å². The zero-order valence-electron chi connectivity index (χ0n) is 17.2. The van der Waals surface area contributed by atoms with Gasteiger partial charge in [0.2, 0.25) is 5.96 Å². The second-order valence-electron chi connectivity index (χ2n) is 7.42. The van der Waals surface area contributed by atoms with E-state index >= 15 is 0 Å². The number of aliphatic imine (C=N–C) groups is 2. The summed E-state index contributed by atoms with van der Waals surface area (Å²) in [7, 11) is 0. The van der Waals surface area contributed by atoms with Gasteiger partial charge in [0, 0.05) is 30.3 Å². The van der Waals surface area contributed by atoms with Crippen LogP contribution in [-0.4, -0.2) is 81.8 Å². The molecule has 14 nitrogen and oxygen atoms in total. The number of amidine groups is 1. The highest BCUT2D eigenvalue weighted by Crippen LogP contribution is 2.16. The lowest BCUT2D eigenvalue weighted by Gasteiger charge is -2.37. The van der Waals surface area contributed by atoms with Gasteiger partial charge in [-0.15, -0.1) is 0 Å². The van der Waals surface area contributed by atoms with Gasteiger partial charge in [0.1, 0.15) is 6.04 Å². The quantitative estimate of drug-likeness (QED) is 0.195. The molecule has 0 fully saturated rings. The summed E-state index contributed by atoms with van der Waals surface area (Å²) in [5, 5.41) is 38.8. The van der Waals surface area contributed by atoms with Gasteiger partial charge in [-0.05, 0) is 30.7 Å². The van der Waals surface area contributed by atoms with Gasteiger partial charge in [-0.25, -0.2) is 4.79 Å². The molecule has 3 atom stereocenters. The van der Waals surface area contributed by atoms with Crippen molar-refractivity contribution in [2.45, 2.75) is 30.7 Å². The average Bonchev–Trinajstić information content (AvgIpc) is 2.76. The smallest absolute Gasteiger partial charge is 0.326 e. The molecule has 176 valence electrons. The molecule has 0 spiro atoms. The molecule has 0 radical (unpaired) electrons. The number of benzene rings is 1. The minimum Gasteiger partial charge on any atom is -0.481 e. The van der Waals surface area contributed by atoms with Crippen molar-refractivity contribution in [1.29, 1.82) is 0 Å². The summed E-state index contributed by atoms with van der Waals surface area (Å²) in [5.74, 6) is -4.18. The number of fused-ring (bicyclic) bond motifs is 1. The van der Waals surface area contributed by atoms with E-state index in [1.54, 1.807) is 12.1 Å². The lowest BCUT2D eigenvalue weighted by Crippen LogP contribution is -2.71. The molecule has 2 heterocycles. The maximum atomic E-state index is 12.3. The number of nitrogens with one attached hydrogen (secondary N) is 4. The van der Waals surface area contributed by atoms with Crippen LogP contribution < -0.4 is 27.0 Å². The fourth-order valence-electron chi connectivity index (χ4n) is 3.21. The number of rotatable bonds is 9. The van der Waals surface area contributed by atoms with Gasteiger partial charge in [-0.2, -0.15) is 4.99 Å². The highest BCUT2D eigenvalue weighted by molar-refractivity contribution is 6.21. The third kappa shape index (κ3) is 5.61. The summed E-state index contributed by atoms with van der Waals surface area (Å²) in [6.45, 7) is 0.496. The molecule has 2 amide bonds. The molecule has 1 aromatic rings. The van der Waals surface area contributed by atoms with E-state index in [9.17, 15) is 24.3 Å². The number of carbonyl (C=O) groups is 4. The lowest BCUT2D eigenvalue weighted by atomic mass is 10.1. The molecule has 0 bridgehead atoms. The zero-order valence-corrected chi connectivity index (χ0v) is 17.2. The standard InChI is InChI=1S/C19H23N7O7/c20-18-24-16-19(33,17(32)25-18)26-11(8-22-16)7-21-10-3-1-9(2-4-10)14(29)23-12(15(30)31)5-6-13(27)28/h1-4,11-12,21,26,33H,5-8H2,(H,23,29)(H,27,28)(H,30,31)(H3,20,22,24,25,32)/t11-,12-,19?/m0/s1. The highest BCUT2D eigenvalue weighted by atomic mass is 16.4. The summed E-state index contributed by atoms with van der Waals surface area (Å²) < 4.78 is 0. The van der Waals surface area contributed by atoms with Crippen molar-refractivity contribution < 1.29 is 34.5 Å². The van der Waals surface area contributed by atoms with Gasteiger partial charge in [-0.1, -0.05) is 0 Å². The van der Waals surface area contributed by atoms with Crippen LogP contribution in [0.5, 0.6) is 0 Å². The number of carboxylic acids is 2. The second kappa shape index (κ2) is 9.62. The SMILES string of the molecule is NC1=NC2=NC[C@H](CNc3ccc(C(=O)N[C@@H](CCC(=O)O)C(=O)O)cc3)NC2(O)C(=O)N1. The maximum absolute atomic E-state index is 12.3. The van der Waals surface area contributed by atoms with Gasteiger partial charge in [0.15, 0.2) is 5.84 Å². The number of hydrogen-bond donors (Lipinski definition) is 8.